The number of hydrogen-bond donors (Lipinski definition) is 0. The van der Waals surface area contributed by atoms with Gasteiger partial charge in [0.25, 0.3) is 0 Å². The Morgan fingerprint density at radius 2 is 1.92 bits per heavy atom. The van der Waals surface area contributed by atoms with Gasteiger partial charge in [0.1, 0.15) is 0 Å². The molecule has 1 aromatic carbocycles. The molecule has 4 nitrogen and oxygen atoms in total. The van der Waals surface area contributed by atoms with Crippen LogP contribution in [0.3, 0.4) is 0 Å². The lowest BCUT2D eigenvalue weighted by Gasteiger charge is -1.94. The Balaban J connectivity index is 2.51. The van der Waals surface area contributed by atoms with Gasteiger partial charge >= 0.3 is 0 Å². The number of rotatable bonds is 1. The summed E-state index contributed by atoms with van der Waals surface area (Å²) in [6.45, 7) is 0. The predicted molar refractivity (Wildman–Crippen MR) is 52.7 cm³/mol. The average Bonchev–Trinajstić information content (AvgIpc) is 2.53. The fourth-order valence-corrected chi connectivity index (χ4v) is 1.39. The Kier molecular flexibility index (Phi) is 2.03. The molecule has 1 heterocycles. The van der Waals surface area contributed by atoms with Crippen molar-refractivity contribution in [2.75, 3.05) is 0 Å². The van der Waals surface area contributed by atoms with Crippen molar-refractivity contribution in [2.45, 2.75) is 0 Å². The van der Waals surface area contributed by atoms with Gasteiger partial charge in [-0.25, -0.2) is 0 Å². The lowest BCUT2D eigenvalue weighted by molar-refractivity contribution is 0.870. The van der Waals surface area contributed by atoms with Crippen LogP contribution in [-0.2, 0) is 0 Å². The van der Waals surface area contributed by atoms with Crippen molar-refractivity contribution in [3.63, 3.8) is 0 Å². The zero-order valence-electron chi connectivity index (χ0n) is 6.05. The van der Waals surface area contributed by atoms with Crippen molar-refractivity contribution in [2.24, 2.45) is 0 Å². The highest BCUT2D eigenvalue weighted by atomic mass is 127. The smallest absolute Gasteiger partial charge is 0.163 e. The van der Waals surface area contributed by atoms with Crippen LogP contribution in [0.25, 0.3) is 11.4 Å². The molecule has 0 radical (unpaired) electrons. The van der Waals surface area contributed by atoms with Crippen LogP contribution in [-0.4, -0.2) is 18.4 Å². The summed E-state index contributed by atoms with van der Waals surface area (Å²) >= 11 is 2.04. The number of halogens is 1. The first kappa shape index (κ1) is 7.66. The highest BCUT2D eigenvalue weighted by Crippen LogP contribution is 2.15. The maximum Gasteiger partial charge on any atom is 0.192 e. The van der Waals surface area contributed by atoms with Crippen LogP contribution in [0.1, 0.15) is 0 Å². The van der Waals surface area contributed by atoms with Crippen molar-refractivity contribution in [1.82, 2.24) is 18.4 Å². The van der Waals surface area contributed by atoms with E-state index in [2.05, 4.69) is 15.5 Å². The van der Waals surface area contributed by atoms with E-state index >= 15 is 0 Å². The molecular weight excluding hydrogens is 267 g/mol. The summed E-state index contributed by atoms with van der Waals surface area (Å²) in [6.07, 6.45) is 0. The topological polar surface area (TPSA) is 43.6 Å². The molecule has 2 rings (SSSR count). The Morgan fingerprint density at radius 1 is 1.17 bits per heavy atom. The SMILES string of the molecule is In1nnnc1-c1ccccc1. The molecule has 0 N–H and O–H groups in total. The minimum absolute atomic E-state index is 0.774. The number of aromatic nitrogens is 4. The minimum atomic E-state index is 0.774. The molecule has 0 bridgehead atoms. The number of tetrazole rings is 1. The summed E-state index contributed by atoms with van der Waals surface area (Å²) in [5.41, 5.74) is 1.02. The number of hydrogen-bond acceptors (Lipinski definition) is 3. The van der Waals surface area contributed by atoms with Gasteiger partial charge in [-0.05, 0) is 10.4 Å². The molecule has 0 aliphatic rings. The molecule has 1 aromatic heterocycles. The van der Waals surface area contributed by atoms with Crippen LogP contribution in [0.5, 0.6) is 0 Å². The van der Waals surface area contributed by atoms with Crippen LogP contribution in [0.4, 0.5) is 0 Å². The van der Waals surface area contributed by atoms with Gasteiger partial charge in [0.2, 0.25) is 0 Å². The quantitative estimate of drug-likeness (QED) is 0.739. The average molecular weight is 272 g/mol. The third-order valence-corrected chi connectivity index (χ3v) is 2.11. The molecule has 0 fully saturated rings. The minimum Gasteiger partial charge on any atom is -0.163 e. The van der Waals surface area contributed by atoms with Crippen LogP contribution in [0, 0.1) is 0 Å². The molecule has 0 saturated carbocycles. The van der Waals surface area contributed by atoms with E-state index in [1.165, 1.54) is 0 Å². The maximum atomic E-state index is 3.88. The summed E-state index contributed by atoms with van der Waals surface area (Å²) in [6, 6.07) is 9.83. The predicted octanol–water partition coefficient (Wildman–Crippen LogP) is 1.54. The molecule has 0 aliphatic carbocycles. The molecule has 5 heteroatoms. The fourth-order valence-electron chi connectivity index (χ4n) is 0.928. The van der Waals surface area contributed by atoms with Crippen LogP contribution in [0.15, 0.2) is 30.3 Å². The number of nitrogens with zero attached hydrogens (tertiary/aromatic N) is 4. The molecule has 60 valence electrons. The monoisotopic (exact) mass is 272 g/mol. The second kappa shape index (κ2) is 3.18. The lowest BCUT2D eigenvalue weighted by Crippen LogP contribution is -1.86. The molecule has 0 aliphatic heterocycles. The third kappa shape index (κ3) is 1.31. The molecular formula is C7H5IN4. The first-order chi connectivity index (χ1) is 5.88. The van der Waals surface area contributed by atoms with Gasteiger partial charge in [0, 0.05) is 5.56 Å². The standard InChI is InChI=1S/C7H5IN4/c8-12-7(9-10-11-12)6-4-2-1-3-5-6/h1-5H. The largest absolute Gasteiger partial charge is 0.192 e. The molecule has 0 amide bonds. The van der Waals surface area contributed by atoms with Crippen molar-refractivity contribution in [3.8, 4) is 11.4 Å². The Morgan fingerprint density at radius 3 is 2.50 bits per heavy atom. The van der Waals surface area contributed by atoms with Gasteiger partial charge in [-0.3, -0.25) is 0 Å². The zero-order valence-corrected chi connectivity index (χ0v) is 8.21. The van der Waals surface area contributed by atoms with E-state index in [0.29, 0.717) is 0 Å². The normalized spacial score (nSPS) is 10.1. The zero-order chi connectivity index (χ0) is 8.39. The van der Waals surface area contributed by atoms with E-state index in [4.69, 9.17) is 0 Å². The first-order valence-electron chi connectivity index (χ1n) is 3.38. The van der Waals surface area contributed by atoms with Gasteiger partial charge in [-0.1, -0.05) is 30.3 Å². The van der Waals surface area contributed by atoms with Gasteiger partial charge in [-0.2, -0.15) is 2.90 Å². The van der Waals surface area contributed by atoms with Crippen molar-refractivity contribution < 1.29 is 0 Å². The van der Waals surface area contributed by atoms with Gasteiger partial charge in [0.05, 0.1) is 22.9 Å². The number of benzene rings is 1. The van der Waals surface area contributed by atoms with E-state index in [1.807, 2.05) is 53.2 Å². The Hall–Kier alpha value is -0.980. The highest BCUT2D eigenvalue weighted by molar-refractivity contribution is 14.1. The summed E-state index contributed by atoms with van der Waals surface area (Å²) < 4.78 is 1.62. The van der Waals surface area contributed by atoms with E-state index in [1.54, 1.807) is 2.90 Å². The Labute approximate surface area is 83.1 Å². The molecule has 0 atom stereocenters. The summed E-state index contributed by atoms with van der Waals surface area (Å²) in [5, 5.41) is 11.2. The fraction of sp³-hybridized carbons (Fsp3) is 0. The molecule has 0 spiro atoms. The van der Waals surface area contributed by atoms with Crippen LogP contribution in [0.2, 0.25) is 0 Å². The van der Waals surface area contributed by atoms with E-state index in [-0.39, 0.29) is 0 Å². The third-order valence-electron chi connectivity index (χ3n) is 1.46. The van der Waals surface area contributed by atoms with Gasteiger partial charge in [0.15, 0.2) is 5.82 Å². The van der Waals surface area contributed by atoms with Gasteiger partial charge < -0.3 is 0 Å². The second-order valence-corrected chi connectivity index (χ2v) is 3.14. The first-order valence-corrected chi connectivity index (χ1v) is 4.34. The molecule has 2 aromatic rings. The highest BCUT2D eigenvalue weighted by Gasteiger charge is 2.04. The van der Waals surface area contributed by atoms with Crippen LogP contribution < -0.4 is 0 Å². The van der Waals surface area contributed by atoms with E-state index in [9.17, 15) is 0 Å². The van der Waals surface area contributed by atoms with Crippen LogP contribution >= 0.6 is 22.9 Å². The van der Waals surface area contributed by atoms with Crippen molar-refractivity contribution in [3.05, 3.63) is 30.3 Å². The van der Waals surface area contributed by atoms with E-state index in [0.717, 1.165) is 11.4 Å². The summed E-state index contributed by atoms with van der Waals surface area (Å²) in [4.78, 5) is 0. The summed E-state index contributed by atoms with van der Waals surface area (Å²) in [7, 11) is 0. The summed E-state index contributed by atoms with van der Waals surface area (Å²) in [5.74, 6) is 0.774. The molecule has 12 heavy (non-hydrogen) atoms. The molecule has 0 unspecified atom stereocenters. The Bertz CT molecular complexity index is 370. The van der Waals surface area contributed by atoms with Crippen molar-refractivity contribution >= 4 is 22.9 Å². The maximum absolute atomic E-state index is 3.88. The van der Waals surface area contributed by atoms with E-state index < -0.39 is 0 Å². The lowest BCUT2D eigenvalue weighted by atomic mass is 10.2. The second-order valence-electron chi connectivity index (χ2n) is 2.23. The van der Waals surface area contributed by atoms with Gasteiger partial charge in [-0.15, -0.1) is 5.10 Å². The van der Waals surface area contributed by atoms with Crippen molar-refractivity contribution in [1.29, 1.82) is 0 Å². The molecule has 0 saturated heterocycles.